The zero-order valence-corrected chi connectivity index (χ0v) is 15.5. The van der Waals surface area contributed by atoms with Crippen molar-refractivity contribution in [1.29, 1.82) is 0 Å². The van der Waals surface area contributed by atoms with Crippen molar-refractivity contribution < 1.29 is 19.1 Å². The van der Waals surface area contributed by atoms with Crippen LogP contribution in [0.15, 0.2) is 42.5 Å². The van der Waals surface area contributed by atoms with Crippen LogP contribution in [-0.2, 0) is 25.5 Å². The molecule has 0 bridgehead atoms. The van der Waals surface area contributed by atoms with Crippen molar-refractivity contribution in [2.75, 3.05) is 13.2 Å². The van der Waals surface area contributed by atoms with Gasteiger partial charge in [-0.1, -0.05) is 49.4 Å². The molecule has 25 heavy (non-hydrogen) atoms. The van der Waals surface area contributed by atoms with Crippen LogP contribution < -0.4 is 0 Å². The van der Waals surface area contributed by atoms with Gasteiger partial charge in [-0.2, -0.15) is 0 Å². The van der Waals surface area contributed by atoms with E-state index in [1.807, 2.05) is 18.2 Å². The first-order chi connectivity index (χ1) is 11.9. The van der Waals surface area contributed by atoms with Crippen molar-refractivity contribution in [2.45, 2.75) is 46.5 Å². The normalized spacial score (nSPS) is 22.3. The molecule has 1 aromatic rings. The van der Waals surface area contributed by atoms with Gasteiger partial charge in [-0.05, 0) is 50.5 Å². The Morgan fingerprint density at radius 2 is 1.60 bits per heavy atom. The fourth-order valence-corrected chi connectivity index (χ4v) is 3.56. The standard InChI is InChI=1S/C21H28O4/c1-5-24-18(22)21(19(23)25-6-2)13-12-20(4,16(3)14-21)15-17-10-8-7-9-11-17/h7-11H,3,5-6,12-15H2,1-2,4H3. The zero-order valence-electron chi connectivity index (χ0n) is 15.5. The summed E-state index contributed by atoms with van der Waals surface area (Å²) in [4.78, 5) is 25.2. The van der Waals surface area contributed by atoms with E-state index in [0.29, 0.717) is 12.8 Å². The third-order valence-electron chi connectivity index (χ3n) is 5.24. The van der Waals surface area contributed by atoms with E-state index in [2.05, 4.69) is 25.6 Å². The summed E-state index contributed by atoms with van der Waals surface area (Å²) in [5, 5.41) is 0. The average Bonchev–Trinajstić information content (AvgIpc) is 2.59. The molecule has 2 rings (SSSR count). The molecule has 4 nitrogen and oxygen atoms in total. The molecule has 1 aromatic carbocycles. The predicted molar refractivity (Wildman–Crippen MR) is 96.9 cm³/mol. The van der Waals surface area contributed by atoms with Gasteiger partial charge in [0.15, 0.2) is 5.41 Å². The molecule has 0 aliphatic heterocycles. The van der Waals surface area contributed by atoms with Gasteiger partial charge in [-0.3, -0.25) is 9.59 Å². The second-order valence-electron chi connectivity index (χ2n) is 7.03. The summed E-state index contributed by atoms with van der Waals surface area (Å²) in [6, 6.07) is 10.2. The van der Waals surface area contributed by atoms with Gasteiger partial charge in [0.05, 0.1) is 13.2 Å². The Morgan fingerprint density at radius 1 is 1.04 bits per heavy atom. The van der Waals surface area contributed by atoms with Crippen LogP contribution in [0.25, 0.3) is 0 Å². The van der Waals surface area contributed by atoms with Crippen molar-refractivity contribution in [2.24, 2.45) is 10.8 Å². The van der Waals surface area contributed by atoms with Crippen LogP contribution in [0.3, 0.4) is 0 Å². The third kappa shape index (κ3) is 3.94. The van der Waals surface area contributed by atoms with Crippen LogP contribution in [0.4, 0.5) is 0 Å². The van der Waals surface area contributed by atoms with Crippen LogP contribution in [-0.4, -0.2) is 25.2 Å². The Labute approximate surface area is 150 Å². The molecule has 1 unspecified atom stereocenters. The molecule has 1 aliphatic rings. The molecule has 0 N–H and O–H groups in total. The smallest absolute Gasteiger partial charge is 0.323 e. The first-order valence-electron chi connectivity index (χ1n) is 8.94. The molecule has 136 valence electrons. The Kier molecular flexibility index (Phi) is 6.04. The van der Waals surface area contributed by atoms with Gasteiger partial charge in [0.25, 0.3) is 0 Å². The Hall–Kier alpha value is -2.10. The molecule has 0 aromatic heterocycles. The van der Waals surface area contributed by atoms with Crippen molar-refractivity contribution in [3.05, 3.63) is 48.0 Å². The Bertz CT molecular complexity index is 617. The van der Waals surface area contributed by atoms with Crippen molar-refractivity contribution in [1.82, 2.24) is 0 Å². The van der Waals surface area contributed by atoms with Crippen molar-refractivity contribution in [3.8, 4) is 0 Å². The van der Waals surface area contributed by atoms with E-state index >= 15 is 0 Å². The fourth-order valence-electron chi connectivity index (χ4n) is 3.56. The molecule has 0 saturated heterocycles. The first-order valence-corrected chi connectivity index (χ1v) is 8.94. The van der Waals surface area contributed by atoms with Crippen LogP contribution in [0.1, 0.15) is 45.6 Å². The van der Waals surface area contributed by atoms with E-state index in [9.17, 15) is 9.59 Å². The van der Waals surface area contributed by atoms with Crippen LogP contribution in [0.5, 0.6) is 0 Å². The minimum atomic E-state index is -1.25. The maximum atomic E-state index is 12.6. The zero-order chi connectivity index (χ0) is 18.5. The lowest BCUT2D eigenvalue weighted by Crippen LogP contribution is -2.47. The number of carbonyl (C=O) groups is 2. The van der Waals surface area contributed by atoms with E-state index < -0.39 is 17.4 Å². The summed E-state index contributed by atoms with van der Waals surface area (Å²) in [7, 11) is 0. The Balaban J connectivity index is 2.24. The molecule has 1 atom stereocenters. The summed E-state index contributed by atoms with van der Waals surface area (Å²) < 4.78 is 10.4. The van der Waals surface area contributed by atoms with Crippen LogP contribution >= 0.6 is 0 Å². The highest BCUT2D eigenvalue weighted by Crippen LogP contribution is 2.51. The number of hydrogen-bond acceptors (Lipinski definition) is 4. The molecular weight excluding hydrogens is 316 g/mol. The lowest BCUT2D eigenvalue weighted by molar-refractivity contribution is -0.174. The number of rotatable bonds is 6. The SMILES string of the molecule is C=C1CC(C(=O)OCC)(C(=O)OCC)CCC1(C)Cc1ccccc1. The third-order valence-corrected chi connectivity index (χ3v) is 5.24. The molecule has 0 heterocycles. The van der Waals surface area contributed by atoms with E-state index in [1.54, 1.807) is 13.8 Å². The number of carbonyl (C=O) groups excluding carboxylic acids is 2. The number of hydrogen-bond donors (Lipinski definition) is 0. The molecule has 1 saturated carbocycles. The minimum absolute atomic E-state index is 0.149. The maximum absolute atomic E-state index is 12.6. The monoisotopic (exact) mass is 344 g/mol. The highest BCUT2D eigenvalue weighted by Gasteiger charge is 2.54. The number of esters is 2. The van der Waals surface area contributed by atoms with Crippen LogP contribution in [0, 0.1) is 10.8 Å². The number of benzene rings is 1. The second kappa shape index (κ2) is 7.85. The molecule has 0 radical (unpaired) electrons. The van der Waals surface area contributed by atoms with Crippen molar-refractivity contribution in [3.63, 3.8) is 0 Å². The molecular formula is C21H28O4. The molecule has 1 aliphatic carbocycles. The predicted octanol–water partition coefficient (Wildman–Crippen LogP) is 4.09. The van der Waals surface area contributed by atoms with Gasteiger partial charge in [0.2, 0.25) is 0 Å². The topological polar surface area (TPSA) is 52.6 Å². The van der Waals surface area contributed by atoms with E-state index in [1.165, 1.54) is 5.56 Å². The summed E-state index contributed by atoms with van der Waals surface area (Å²) >= 11 is 0. The summed E-state index contributed by atoms with van der Waals surface area (Å²) in [5.41, 5.74) is 0.734. The van der Waals surface area contributed by atoms with Gasteiger partial charge in [0, 0.05) is 0 Å². The maximum Gasteiger partial charge on any atom is 0.323 e. The Morgan fingerprint density at radius 3 is 2.08 bits per heavy atom. The summed E-state index contributed by atoms with van der Waals surface area (Å²) in [6.45, 7) is 10.4. The van der Waals surface area contributed by atoms with Gasteiger partial charge < -0.3 is 9.47 Å². The van der Waals surface area contributed by atoms with Gasteiger partial charge in [0.1, 0.15) is 0 Å². The van der Waals surface area contributed by atoms with Gasteiger partial charge in [-0.25, -0.2) is 0 Å². The number of ether oxygens (including phenoxy) is 2. The van der Waals surface area contributed by atoms with E-state index in [0.717, 1.165) is 12.0 Å². The lowest BCUT2D eigenvalue weighted by Gasteiger charge is -2.43. The number of allylic oxidation sites excluding steroid dienone is 1. The molecule has 0 spiro atoms. The second-order valence-corrected chi connectivity index (χ2v) is 7.03. The van der Waals surface area contributed by atoms with E-state index in [4.69, 9.17) is 9.47 Å². The fraction of sp³-hybridized carbons (Fsp3) is 0.524. The lowest BCUT2D eigenvalue weighted by atomic mass is 9.60. The molecule has 4 heteroatoms. The largest absolute Gasteiger partial charge is 0.465 e. The highest BCUT2D eigenvalue weighted by atomic mass is 16.6. The summed E-state index contributed by atoms with van der Waals surface area (Å²) in [5.74, 6) is -0.979. The van der Waals surface area contributed by atoms with E-state index in [-0.39, 0.29) is 25.0 Å². The van der Waals surface area contributed by atoms with Crippen molar-refractivity contribution >= 4 is 11.9 Å². The van der Waals surface area contributed by atoms with Crippen LogP contribution in [0.2, 0.25) is 0 Å². The molecule has 0 amide bonds. The quantitative estimate of drug-likeness (QED) is 0.443. The van der Waals surface area contributed by atoms with Gasteiger partial charge >= 0.3 is 11.9 Å². The highest BCUT2D eigenvalue weighted by molar-refractivity contribution is 6.00. The average molecular weight is 344 g/mol. The van der Waals surface area contributed by atoms with Gasteiger partial charge in [-0.15, -0.1) is 0 Å². The summed E-state index contributed by atoms with van der Waals surface area (Å²) in [6.07, 6.45) is 2.24. The first kappa shape index (κ1) is 19.2. The minimum Gasteiger partial charge on any atom is -0.465 e. The molecule has 1 fully saturated rings.